The number of nitrogens with one attached hydrogen (secondary N) is 1. The quantitative estimate of drug-likeness (QED) is 0.763. The molecule has 2 heterocycles. The third kappa shape index (κ3) is 4.68. The monoisotopic (exact) mass is 295 g/mol. The maximum absolute atomic E-state index is 12.7. The fourth-order valence-corrected chi connectivity index (χ4v) is 3.72. The highest BCUT2D eigenvalue weighted by Crippen LogP contribution is 2.21. The van der Waals surface area contributed by atoms with Crippen molar-refractivity contribution in [2.24, 2.45) is 0 Å². The van der Waals surface area contributed by atoms with Gasteiger partial charge in [0.25, 0.3) is 0 Å². The van der Waals surface area contributed by atoms with Crippen molar-refractivity contribution < 1.29 is 4.79 Å². The summed E-state index contributed by atoms with van der Waals surface area (Å²) in [5.41, 5.74) is 0. The van der Waals surface area contributed by atoms with E-state index in [-0.39, 0.29) is 6.04 Å². The van der Waals surface area contributed by atoms with E-state index in [0.29, 0.717) is 11.9 Å². The standard InChI is InChI=1S/C17H33N3O/c1-3-10-18-14-16-9-5-8-13-20(16)15(2)17(21)19-11-6-4-7-12-19/h15-16,18H,3-14H2,1-2H3. The molecule has 2 fully saturated rings. The molecule has 2 rings (SSSR count). The number of amides is 1. The maximum Gasteiger partial charge on any atom is 0.239 e. The second kappa shape index (κ2) is 8.74. The van der Waals surface area contributed by atoms with Gasteiger partial charge in [0, 0.05) is 25.7 Å². The molecule has 1 N–H and O–H groups in total. The smallest absolute Gasteiger partial charge is 0.239 e. The summed E-state index contributed by atoms with van der Waals surface area (Å²) in [6, 6.07) is 0.589. The first-order valence-electron chi connectivity index (χ1n) is 8.99. The van der Waals surface area contributed by atoms with Gasteiger partial charge in [-0.25, -0.2) is 0 Å². The fourth-order valence-electron chi connectivity index (χ4n) is 3.72. The normalized spacial score (nSPS) is 25.8. The average Bonchev–Trinajstić information content (AvgIpc) is 2.55. The summed E-state index contributed by atoms with van der Waals surface area (Å²) in [6.07, 6.45) is 8.59. The molecule has 122 valence electrons. The van der Waals surface area contributed by atoms with Crippen LogP contribution in [0.1, 0.15) is 58.8 Å². The van der Waals surface area contributed by atoms with Crippen molar-refractivity contribution in [3.63, 3.8) is 0 Å². The minimum Gasteiger partial charge on any atom is -0.341 e. The number of carbonyl (C=O) groups is 1. The fraction of sp³-hybridized carbons (Fsp3) is 0.941. The molecule has 0 bridgehead atoms. The summed E-state index contributed by atoms with van der Waals surface area (Å²) in [6.45, 7) is 9.46. The van der Waals surface area contributed by atoms with Gasteiger partial charge in [0.05, 0.1) is 6.04 Å². The number of rotatable bonds is 6. The first-order chi connectivity index (χ1) is 10.2. The lowest BCUT2D eigenvalue weighted by atomic mass is 9.99. The van der Waals surface area contributed by atoms with E-state index in [4.69, 9.17) is 0 Å². The van der Waals surface area contributed by atoms with Gasteiger partial charge in [0.2, 0.25) is 5.91 Å². The molecule has 0 aliphatic carbocycles. The van der Waals surface area contributed by atoms with E-state index >= 15 is 0 Å². The second-order valence-electron chi connectivity index (χ2n) is 6.65. The van der Waals surface area contributed by atoms with Crippen LogP contribution < -0.4 is 5.32 Å². The first-order valence-corrected chi connectivity index (χ1v) is 8.99. The molecule has 2 aliphatic heterocycles. The minimum atomic E-state index is 0.0526. The Kier molecular flexibility index (Phi) is 6.97. The van der Waals surface area contributed by atoms with E-state index in [1.165, 1.54) is 44.9 Å². The molecule has 2 saturated heterocycles. The van der Waals surface area contributed by atoms with Crippen molar-refractivity contribution in [3.8, 4) is 0 Å². The van der Waals surface area contributed by atoms with Crippen LogP contribution in [0.2, 0.25) is 0 Å². The van der Waals surface area contributed by atoms with E-state index in [1.807, 2.05) is 0 Å². The van der Waals surface area contributed by atoms with Gasteiger partial charge in [-0.2, -0.15) is 0 Å². The van der Waals surface area contributed by atoms with E-state index in [0.717, 1.165) is 32.7 Å². The molecule has 4 nitrogen and oxygen atoms in total. The molecule has 0 saturated carbocycles. The van der Waals surface area contributed by atoms with E-state index in [2.05, 4.69) is 29.0 Å². The third-order valence-electron chi connectivity index (χ3n) is 5.00. The van der Waals surface area contributed by atoms with Crippen molar-refractivity contribution >= 4 is 5.91 Å². The zero-order chi connectivity index (χ0) is 15.1. The molecule has 0 aromatic carbocycles. The van der Waals surface area contributed by atoms with Gasteiger partial charge in [-0.15, -0.1) is 0 Å². The van der Waals surface area contributed by atoms with E-state index < -0.39 is 0 Å². The van der Waals surface area contributed by atoms with Crippen molar-refractivity contribution in [1.29, 1.82) is 0 Å². The zero-order valence-electron chi connectivity index (χ0n) is 13.9. The summed E-state index contributed by atoms with van der Waals surface area (Å²) in [4.78, 5) is 17.3. The SMILES string of the molecule is CCCNCC1CCCCN1C(C)C(=O)N1CCCCC1. The van der Waals surface area contributed by atoms with Crippen LogP contribution in [0.15, 0.2) is 0 Å². The summed E-state index contributed by atoms with van der Waals surface area (Å²) in [5.74, 6) is 0.358. The summed E-state index contributed by atoms with van der Waals surface area (Å²) in [5, 5.41) is 3.54. The average molecular weight is 295 g/mol. The third-order valence-corrected chi connectivity index (χ3v) is 5.00. The predicted molar refractivity (Wildman–Crippen MR) is 87.4 cm³/mol. The number of carbonyl (C=O) groups excluding carboxylic acids is 1. The Bertz CT molecular complexity index is 315. The Morgan fingerprint density at radius 1 is 1.14 bits per heavy atom. The van der Waals surface area contributed by atoms with Gasteiger partial charge >= 0.3 is 0 Å². The van der Waals surface area contributed by atoms with Crippen LogP contribution in [0.5, 0.6) is 0 Å². The lowest BCUT2D eigenvalue weighted by Crippen LogP contribution is -2.55. The molecule has 0 aromatic heterocycles. The first kappa shape index (κ1) is 16.8. The molecular weight excluding hydrogens is 262 g/mol. The topological polar surface area (TPSA) is 35.6 Å². The number of piperidine rings is 2. The summed E-state index contributed by atoms with van der Waals surface area (Å²) >= 11 is 0. The summed E-state index contributed by atoms with van der Waals surface area (Å²) in [7, 11) is 0. The molecular formula is C17H33N3O. The Labute approximate surface area is 130 Å². The highest BCUT2D eigenvalue weighted by molar-refractivity contribution is 5.81. The molecule has 0 aromatic rings. The molecule has 0 radical (unpaired) electrons. The Morgan fingerprint density at radius 2 is 1.86 bits per heavy atom. The summed E-state index contributed by atoms with van der Waals surface area (Å²) < 4.78 is 0. The van der Waals surface area contributed by atoms with E-state index in [1.54, 1.807) is 0 Å². The van der Waals surface area contributed by atoms with Gasteiger partial charge in [0.15, 0.2) is 0 Å². The molecule has 0 spiro atoms. The Hall–Kier alpha value is -0.610. The van der Waals surface area contributed by atoms with Gasteiger partial charge in [-0.1, -0.05) is 13.3 Å². The van der Waals surface area contributed by atoms with Crippen molar-refractivity contribution in [2.75, 3.05) is 32.7 Å². The van der Waals surface area contributed by atoms with Crippen LogP contribution in [0, 0.1) is 0 Å². The van der Waals surface area contributed by atoms with Crippen LogP contribution in [-0.2, 0) is 4.79 Å². The van der Waals surface area contributed by atoms with Gasteiger partial charge in [-0.3, -0.25) is 9.69 Å². The molecule has 4 heteroatoms. The van der Waals surface area contributed by atoms with Gasteiger partial charge in [-0.05, 0) is 58.5 Å². The van der Waals surface area contributed by atoms with Gasteiger partial charge < -0.3 is 10.2 Å². The predicted octanol–water partition coefficient (Wildman–Crippen LogP) is 2.24. The molecule has 2 aliphatic rings. The molecule has 21 heavy (non-hydrogen) atoms. The zero-order valence-corrected chi connectivity index (χ0v) is 13.9. The highest BCUT2D eigenvalue weighted by atomic mass is 16.2. The van der Waals surface area contributed by atoms with Crippen LogP contribution in [-0.4, -0.2) is 60.5 Å². The number of hydrogen-bond acceptors (Lipinski definition) is 3. The Morgan fingerprint density at radius 3 is 2.57 bits per heavy atom. The maximum atomic E-state index is 12.7. The largest absolute Gasteiger partial charge is 0.341 e. The van der Waals surface area contributed by atoms with Crippen LogP contribution in [0.25, 0.3) is 0 Å². The molecule has 2 atom stereocenters. The highest BCUT2D eigenvalue weighted by Gasteiger charge is 2.32. The Balaban J connectivity index is 1.90. The van der Waals surface area contributed by atoms with Crippen molar-refractivity contribution in [3.05, 3.63) is 0 Å². The van der Waals surface area contributed by atoms with E-state index in [9.17, 15) is 4.79 Å². The van der Waals surface area contributed by atoms with Crippen molar-refractivity contribution in [2.45, 2.75) is 70.9 Å². The molecule has 1 amide bonds. The van der Waals surface area contributed by atoms with Crippen molar-refractivity contribution in [1.82, 2.24) is 15.1 Å². The lowest BCUT2D eigenvalue weighted by molar-refractivity contribution is -0.138. The minimum absolute atomic E-state index is 0.0526. The number of nitrogens with zero attached hydrogens (tertiary/aromatic N) is 2. The van der Waals surface area contributed by atoms with Crippen LogP contribution in [0.3, 0.4) is 0 Å². The molecule has 2 unspecified atom stereocenters. The van der Waals surface area contributed by atoms with Crippen LogP contribution >= 0.6 is 0 Å². The second-order valence-corrected chi connectivity index (χ2v) is 6.65. The lowest BCUT2D eigenvalue weighted by Gasteiger charge is -2.41. The number of likely N-dealkylation sites (tertiary alicyclic amines) is 2. The number of hydrogen-bond donors (Lipinski definition) is 1. The van der Waals surface area contributed by atoms with Gasteiger partial charge in [0.1, 0.15) is 0 Å². The van der Waals surface area contributed by atoms with Crippen LogP contribution in [0.4, 0.5) is 0 Å².